The summed E-state index contributed by atoms with van der Waals surface area (Å²) in [7, 11) is -4.58. The van der Waals surface area contributed by atoms with Crippen molar-refractivity contribution in [1.29, 1.82) is 0 Å². The third-order valence-corrected chi connectivity index (χ3v) is 5.76. The summed E-state index contributed by atoms with van der Waals surface area (Å²) in [5.74, 6) is -0.305. The number of amides is 1. The lowest BCUT2D eigenvalue weighted by atomic mass is 10.1. The van der Waals surface area contributed by atoms with Crippen LogP contribution in [0.5, 0.6) is 0 Å². The zero-order chi connectivity index (χ0) is 19.9. The summed E-state index contributed by atoms with van der Waals surface area (Å²) in [6, 6.07) is 0.233. The van der Waals surface area contributed by atoms with Crippen LogP contribution in [-0.2, 0) is 27.2 Å². The molecule has 1 fully saturated rings. The third-order valence-electron chi connectivity index (χ3n) is 3.88. The standard InChI is InChI=1S/C14H14F6N2O3S/c1-9(23)21-2-4-22(5-3-21)26(24,25)12-7-10(13(15,16)17)6-11(8-12)14(18,19)20/h6-8H,2-5H2,1H3. The fourth-order valence-electron chi connectivity index (χ4n) is 2.47. The zero-order valence-electron chi connectivity index (χ0n) is 13.4. The summed E-state index contributed by atoms with van der Waals surface area (Å²) in [4.78, 5) is 11.5. The molecule has 1 heterocycles. The molecule has 1 aliphatic heterocycles. The van der Waals surface area contributed by atoms with Crippen molar-refractivity contribution in [2.24, 2.45) is 0 Å². The largest absolute Gasteiger partial charge is 0.416 e. The molecule has 0 spiro atoms. The first kappa shape index (κ1) is 20.5. The molecule has 0 N–H and O–H groups in total. The van der Waals surface area contributed by atoms with E-state index >= 15 is 0 Å². The average Bonchev–Trinajstić information content (AvgIpc) is 2.52. The van der Waals surface area contributed by atoms with Gasteiger partial charge in [0.05, 0.1) is 16.0 Å². The predicted molar refractivity (Wildman–Crippen MR) is 77.5 cm³/mol. The minimum absolute atomic E-state index is 0.000344. The molecule has 146 valence electrons. The Labute approximate surface area is 145 Å². The van der Waals surface area contributed by atoms with Gasteiger partial charge in [-0.05, 0) is 18.2 Å². The van der Waals surface area contributed by atoms with Gasteiger partial charge >= 0.3 is 12.4 Å². The number of hydrogen-bond donors (Lipinski definition) is 0. The van der Waals surface area contributed by atoms with E-state index in [-0.39, 0.29) is 50.3 Å². The Morgan fingerprint density at radius 1 is 0.885 bits per heavy atom. The number of alkyl halides is 6. The molecule has 12 heteroatoms. The van der Waals surface area contributed by atoms with E-state index in [1.54, 1.807) is 0 Å². The molecule has 1 saturated heterocycles. The van der Waals surface area contributed by atoms with Gasteiger partial charge in [-0.1, -0.05) is 0 Å². The van der Waals surface area contributed by atoms with E-state index in [9.17, 15) is 39.6 Å². The first-order chi connectivity index (χ1) is 11.7. The summed E-state index contributed by atoms with van der Waals surface area (Å²) in [5.41, 5.74) is -3.40. The summed E-state index contributed by atoms with van der Waals surface area (Å²) in [6.45, 7) is 0.824. The van der Waals surface area contributed by atoms with Crippen LogP contribution in [-0.4, -0.2) is 49.7 Å². The number of carbonyl (C=O) groups excluding carboxylic acids is 1. The number of rotatable bonds is 2. The van der Waals surface area contributed by atoms with E-state index in [1.807, 2.05) is 0 Å². The second-order valence-corrected chi connectivity index (χ2v) is 7.59. The molecule has 0 bridgehead atoms. The smallest absolute Gasteiger partial charge is 0.340 e. The zero-order valence-corrected chi connectivity index (χ0v) is 14.2. The molecular weight excluding hydrogens is 390 g/mol. The fourth-order valence-corrected chi connectivity index (χ4v) is 3.96. The molecular formula is C14H14F6N2O3S. The average molecular weight is 404 g/mol. The molecule has 1 aromatic carbocycles. The van der Waals surface area contributed by atoms with E-state index in [0.29, 0.717) is 0 Å². The van der Waals surface area contributed by atoms with Crippen LogP contribution in [0.4, 0.5) is 26.3 Å². The van der Waals surface area contributed by atoms with Gasteiger partial charge in [0.15, 0.2) is 0 Å². The summed E-state index contributed by atoms with van der Waals surface area (Å²) >= 11 is 0. The topological polar surface area (TPSA) is 57.7 Å². The molecule has 5 nitrogen and oxygen atoms in total. The second-order valence-electron chi connectivity index (χ2n) is 5.65. The van der Waals surface area contributed by atoms with Gasteiger partial charge in [0.1, 0.15) is 0 Å². The van der Waals surface area contributed by atoms with E-state index in [2.05, 4.69) is 0 Å². The Bertz CT molecular complexity index is 764. The van der Waals surface area contributed by atoms with Crippen LogP contribution in [0.2, 0.25) is 0 Å². The van der Waals surface area contributed by atoms with Crippen molar-refractivity contribution >= 4 is 15.9 Å². The Hall–Kier alpha value is -1.82. The van der Waals surface area contributed by atoms with Crippen molar-refractivity contribution in [3.05, 3.63) is 29.3 Å². The van der Waals surface area contributed by atoms with Gasteiger partial charge in [-0.2, -0.15) is 30.6 Å². The maximum Gasteiger partial charge on any atom is 0.416 e. The molecule has 0 radical (unpaired) electrons. The van der Waals surface area contributed by atoms with Crippen LogP contribution in [0.15, 0.2) is 23.1 Å². The van der Waals surface area contributed by atoms with Gasteiger partial charge in [-0.25, -0.2) is 8.42 Å². The van der Waals surface area contributed by atoms with Crippen LogP contribution in [0.1, 0.15) is 18.1 Å². The monoisotopic (exact) mass is 404 g/mol. The first-order valence-corrected chi connectivity index (χ1v) is 8.72. The molecule has 0 unspecified atom stereocenters. The van der Waals surface area contributed by atoms with Crippen LogP contribution in [0, 0.1) is 0 Å². The van der Waals surface area contributed by atoms with Crippen molar-refractivity contribution in [3.63, 3.8) is 0 Å². The van der Waals surface area contributed by atoms with Gasteiger partial charge in [-0.3, -0.25) is 4.79 Å². The highest BCUT2D eigenvalue weighted by Gasteiger charge is 2.39. The minimum Gasteiger partial charge on any atom is -0.340 e. The molecule has 1 aliphatic rings. The molecule has 2 rings (SSSR count). The van der Waals surface area contributed by atoms with E-state index in [4.69, 9.17) is 0 Å². The van der Waals surface area contributed by atoms with Crippen molar-refractivity contribution in [2.45, 2.75) is 24.2 Å². The van der Waals surface area contributed by atoms with Gasteiger partial charge in [0.25, 0.3) is 0 Å². The highest BCUT2D eigenvalue weighted by molar-refractivity contribution is 7.89. The van der Waals surface area contributed by atoms with Crippen LogP contribution in [0.25, 0.3) is 0 Å². The lowest BCUT2D eigenvalue weighted by Crippen LogP contribution is -2.49. The van der Waals surface area contributed by atoms with Crippen LogP contribution >= 0.6 is 0 Å². The van der Waals surface area contributed by atoms with Gasteiger partial charge in [0, 0.05) is 33.1 Å². The Morgan fingerprint density at radius 3 is 1.65 bits per heavy atom. The van der Waals surface area contributed by atoms with Crippen molar-refractivity contribution in [3.8, 4) is 0 Å². The number of hydrogen-bond acceptors (Lipinski definition) is 3. The molecule has 1 aromatic rings. The number of halogens is 6. The van der Waals surface area contributed by atoms with Crippen molar-refractivity contribution in [2.75, 3.05) is 26.2 Å². The van der Waals surface area contributed by atoms with E-state index in [1.165, 1.54) is 11.8 Å². The van der Waals surface area contributed by atoms with Gasteiger partial charge in [-0.15, -0.1) is 0 Å². The molecule has 0 saturated carbocycles. The fraction of sp³-hybridized carbons (Fsp3) is 0.500. The van der Waals surface area contributed by atoms with E-state index in [0.717, 1.165) is 4.31 Å². The van der Waals surface area contributed by atoms with Gasteiger partial charge < -0.3 is 4.90 Å². The maximum absolute atomic E-state index is 12.9. The Kier molecular flexibility index (Phi) is 5.30. The van der Waals surface area contributed by atoms with Crippen molar-refractivity contribution in [1.82, 2.24) is 9.21 Å². The molecule has 0 aliphatic carbocycles. The molecule has 1 amide bonds. The summed E-state index contributed by atoms with van der Waals surface area (Å²) < 4.78 is 103. The summed E-state index contributed by atoms with van der Waals surface area (Å²) in [6.07, 6.45) is -10.3. The van der Waals surface area contributed by atoms with Crippen molar-refractivity contribution < 1.29 is 39.6 Å². The minimum atomic E-state index is -5.14. The first-order valence-electron chi connectivity index (χ1n) is 7.28. The predicted octanol–water partition coefficient (Wildman–Crippen LogP) is 2.58. The summed E-state index contributed by atoms with van der Waals surface area (Å²) in [5, 5.41) is 0. The maximum atomic E-state index is 12.9. The number of sulfonamides is 1. The number of benzene rings is 1. The molecule has 0 aromatic heterocycles. The van der Waals surface area contributed by atoms with Crippen LogP contribution in [0.3, 0.4) is 0 Å². The highest BCUT2D eigenvalue weighted by Crippen LogP contribution is 2.37. The Balaban J connectivity index is 2.44. The molecule has 26 heavy (non-hydrogen) atoms. The quantitative estimate of drug-likeness (QED) is 0.712. The number of carbonyl (C=O) groups is 1. The number of piperazine rings is 1. The molecule has 0 atom stereocenters. The van der Waals surface area contributed by atoms with Gasteiger partial charge in [0.2, 0.25) is 15.9 Å². The SMILES string of the molecule is CC(=O)N1CCN(S(=O)(=O)c2cc(C(F)(F)F)cc(C(F)(F)F)c2)CC1. The third kappa shape index (κ3) is 4.29. The lowest BCUT2D eigenvalue weighted by molar-refractivity contribution is -0.143. The highest BCUT2D eigenvalue weighted by atomic mass is 32.2. The normalized spacial score (nSPS) is 17.4. The van der Waals surface area contributed by atoms with Crippen LogP contribution < -0.4 is 0 Å². The second kappa shape index (κ2) is 6.72. The Morgan fingerprint density at radius 2 is 1.31 bits per heavy atom. The number of nitrogens with zero attached hydrogens (tertiary/aromatic N) is 2. The van der Waals surface area contributed by atoms with E-state index < -0.39 is 38.4 Å². The lowest BCUT2D eigenvalue weighted by Gasteiger charge is -2.33.